The van der Waals surface area contributed by atoms with Gasteiger partial charge in [0, 0.05) is 11.6 Å². The van der Waals surface area contributed by atoms with Crippen molar-refractivity contribution in [3.05, 3.63) is 47.8 Å². The number of amides is 1. The molecule has 4 nitrogen and oxygen atoms in total. The number of ether oxygens (including phenoxy) is 1. The van der Waals surface area contributed by atoms with Crippen molar-refractivity contribution in [1.82, 2.24) is 4.98 Å². The number of benzene rings is 1. The lowest BCUT2D eigenvalue weighted by atomic mass is 10.3. The van der Waals surface area contributed by atoms with Crippen LogP contribution in [0.3, 0.4) is 0 Å². The fourth-order valence-corrected chi connectivity index (χ4v) is 1.87. The highest BCUT2D eigenvalue weighted by atomic mass is 19.2. The van der Waals surface area contributed by atoms with Gasteiger partial charge in [-0.15, -0.1) is 0 Å². The minimum absolute atomic E-state index is 0.0249. The van der Waals surface area contributed by atoms with Crippen LogP contribution in [0.15, 0.2) is 24.3 Å². The standard InChI is InChI=1S/C15H10F4N2O2/c16-10-12(11(17)14(19)21-13(10)18)23-9-5-3-8(4-6-9)20-15(22)7-1-2-7/h3-7H,1-2H2,(H,20,22). The molecule has 0 radical (unpaired) electrons. The molecule has 1 heterocycles. The van der Waals surface area contributed by atoms with Crippen molar-refractivity contribution < 1.29 is 27.1 Å². The van der Waals surface area contributed by atoms with Gasteiger partial charge in [-0.25, -0.2) is 0 Å². The molecule has 0 aliphatic heterocycles. The molecule has 8 heteroatoms. The molecule has 2 aromatic rings. The van der Waals surface area contributed by atoms with Crippen LogP contribution in [0.4, 0.5) is 23.2 Å². The molecule has 1 aliphatic rings. The number of nitrogens with zero attached hydrogens (tertiary/aromatic N) is 1. The van der Waals surface area contributed by atoms with Crippen LogP contribution in [0.2, 0.25) is 0 Å². The minimum atomic E-state index is -1.80. The van der Waals surface area contributed by atoms with Crippen LogP contribution in [-0.2, 0) is 4.79 Å². The lowest BCUT2D eigenvalue weighted by molar-refractivity contribution is -0.117. The zero-order chi connectivity index (χ0) is 16.6. The maximum Gasteiger partial charge on any atom is 0.255 e. The Kier molecular flexibility index (Phi) is 3.89. The van der Waals surface area contributed by atoms with Crippen molar-refractivity contribution in [3.8, 4) is 11.5 Å². The summed E-state index contributed by atoms with van der Waals surface area (Å²) in [6.07, 6.45) is 1.70. The van der Waals surface area contributed by atoms with Gasteiger partial charge in [-0.3, -0.25) is 4.79 Å². The molecule has 0 saturated heterocycles. The molecular weight excluding hydrogens is 316 g/mol. The Bertz CT molecular complexity index is 735. The third-order valence-corrected chi connectivity index (χ3v) is 3.25. The van der Waals surface area contributed by atoms with Gasteiger partial charge in [0.05, 0.1) is 0 Å². The van der Waals surface area contributed by atoms with E-state index < -0.39 is 29.3 Å². The number of halogens is 4. The van der Waals surface area contributed by atoms with Crippen LogP contribution in [0.5, 0.6) is 11.5 Å². The van der Waals surface area contributed by atoms with E-state index in [0.29, 0.717) is 5.69 Å². The molecule has 1 aromatic heterocycles. The Morgan fingerprint density at radius 1 is 1.04 bits per heavy atom. The van der Waals surface area contributed by atoms with Crippen LogP contribution in [-0.4, -0.2) is 10.9 Å². The van der Waals surface area contributed by atoms with Gasteiger partial charge in [-0.05, 0) is 37.1 Å². The molecule has 23 heavy (non-hydrogen) atoms. The Balaban J connectivity index is 1.77. The van der Waals surface area contributed by atoms with E-state index in [0.717, 1.165) is 12.8 Å². The normalized spacial score (nSPS) is 13.7. The maximum atomic E-state index is 13.4. The van der Waals surface area contributed by atoms with Crippen LogP contribution >= 0.6 is 0 Å². The molecule has 0 bridgehead atoms. The van der Waals surface area contributed by atoms with E-state index in [-0.39, 0.29) is 17.6 Å². The Labute approximate surface area is 128 Å². The van der Waals surface area contributed by atoms with Crippen LogP contribution in [0.25, 0.3) is 0 Å². The van der Waals surface area contributed by atoms with E-state index in [1.165, 1.54) is 24.3 Å². The second-order valence-electron chi connectivity index (χ2n) is 5.04. The topological polar surface area (TPSA) is 51.2 Å². The summed E-state index contributed by atoms with van der Waals surface area (Å²) < 4.78 is 57.7. The van der Waals surface area contributed by atoms with Crippen molar-refractivity contribution >= 4 is 11.6 Å². The molecule has 1 aliphatic carbocycles. The quantitative estimate of drug-likeness (QED) is 0.687. The van der Waals surface area contributed by atoms with Crippen LogP contribution in [0, 0.1) is 29.4 Å². The third-order valence-electron chi connectivity index (χ3n) is 3.25. The number of rotatable bonds is 4. The summed E-state index contributed by atoms with van der Waals surface area (Å²) in [5.74, 6) is -8.41. The first-order valence-electron chi connectivity index (χ1n) is 6.74. The average molecular weight is 326 g/mol. The molecule has 1 aromatic carbocycles. The van der Waals surface area contributed by atoms with Crippen LogP contribution in [0.1, 0.15) is 12.8 Å². The van der Waals surface area contributed by atoms with E-state index in [1.807, 2.05) is 0 Å². The van der Waals surface area contributed by atoms with Crippen molar-refractivity contribution in [2.24, 2.45) is 5.92 Å². The lowest BCUT2D eigenvalue weighted by Gasteiger charge is -2.09. The maximum absolute atomic E-state index is 13.4. The summed E-state index contributed by atoms with van der Waals surface area (Å²) in [6, 6.07) is 5.49. The molecule has 1 N–H and O–H groups in total. The predicted molar refractivity (Wildman–Crippen MR) is 71.9 cm³/mol. The highest BCUT2D eigenvalue weighted by Gasteiger charge is 2.29. The molecule has 1 saturated carbocycles. The molecule has 0 unspecified atom stereocenters. The molecule has 1 amide bonds. The van der Waals surface area contributed by atoms with E-state index >= 15 is 0 Å². The van der Waals surface area contributed by atoms with Crippen molar-refractivity contribution in [2.75, 3.05) is 5.32 Å². The fraction of sp³-hybridized carbons (Fsp3) is 0.200. The summed E-state index contributed by atoms with van der Waals surface area (Å²) >= 11 is 0. The van der Waals surface area contributed by atoms with Crippen molar-refractivity contribution in [2.45, 2.75) is 12.8 Å². The number of hydrogen-bond acceptors (Lipinski definition) is 3. The number of pyridine rings is 1. The number of hydrogen-bond donors (Lipinski definition) is 1. The largest absolute Gasteiger partial charge is 0.451 e. The number of carbonyl (C=O) groups is 1. The minimum Gasteiger partial charge on any atom is -0.451 e. The first-order chi connectivity index (χ1) is 11.0. The highest BCUT2D eigenvalue weighted by molar-refractivity contribution is 5.94. The third kappa shape index (κ3) is 3.25. The summed E-state index contributed by atoms with van der Waals surface area (Å²) in [4.78, 5) is 14.0. The van der Waals surface area contributed by atoms with Crippen LogP contribution < -0.4 is 10.1 Å². The summed E-state index contributed by atoms with van der Waals surface area (Å²) in [5, 5.41) is 2.66. The summed E-state index contributed by atoms with van der Waals surface area (Å²) in [5.41, 5.74) is 0.474. The molecule has 120 valence electrons. The van der Waals surface area contributed by atoms with E-state index in [2.05, 4.69) is 10.3 Å². The Hall–Kier alpha value is -2.64. The van der Waals surface area contributed by atoms with Gasteiger partial charge in [0.15, 0.2) is 0 Å². The Morgan fingerprint density at radius 3 is 2.13 bits per heavy atom. The fourth-order valence-electron chi connectivity index (χ4n) is 1.87. The van der Waals surface area contributed by atoms with Gasteiger partial charge in [-0.2, -0.15) is 22.5 Å². The average Bonchev–Trinajstić information content (AvgIpc) is 3.36. The zero-order valence-electron chi connectivity index (χ0n) is 11.6. The summed E-state index contributed by atoms with van der Waals surface area (Å²) in [7, 11) is 0. The molecular formula is C15H10F4N2O2. The van der Waals surface area contributed by atoms with Gasteiger partial charge < -0.3 is 10.1 Å². The molecule has 0 atom stereocenters. The zero-order valence-corrected chi connectivity index (χ0v) is 11.6. The van der Waals surface area contributed by atoms with Crippen molar-refractivity contribution in [1.29, 1.82) is 0 Å². The number of carbonyl (C=O) groups excluding carboxylic acids is 1. The number of nitrogens with one attached hydrogen (secondary N) is 1. The second-order valence-corrected chi connectivity index (χ2v) is 5.04. The first kappa shape index (κ1) is 15.3. The van der Waals surface area contributed by atoms with Crippen molar-refractivity contribution in [3.63, 3.8) is 0 Å². The monoisotopic (exact) mass is 326 g/mol. The summed E-state index contributed by atoms with van der Waals surface area (Å²) in [6.45, 7) is 0. The second kappa shape index (κ2) is 5.86. The van der Waals surface area contributed by atoms with Gasteiger partial charge in [0.1, 0.15) is 5.75 Å². The number of aromatic nitrogens is 1. The van der Waals surface area contributed by atoms with Gasteiger partial charge in [0.2, 0.25) is 23.3 Å². The molecule has 1 fully saturated rings. The predicted octanol–water partition coefficient (Wildman–Crippen LogP) is 3.78. The number of anilines is 1. The van der Waals surface area contributed by atoms with E-state index in [4.69, 9.17) is 4.74 Å². The first-order valence-corrected chi connectivity index (χ1v) is 6.74. The van der Waals surface area contributed by atoms with Gasteiger partial charge >= 0.3 is 0 Å². The highest BCUT2D eigenvalue weighted by Crippen LogP contribution is 2.32. The van der Waals surface area contributed by atoms with E-state index in [1.54, 1.807) is 0 Å². The van der Waals surface area contributed by atoms with Gasteiger partial charge in [-0.1, -0.05) is 0 Å². The molecule has 0 spiro atoms. The Morgan fingerprint density at radius 2 is 1.61 bits per heavy atom. The lowest BCUT2D eigenvalue weighted by Crippen LogP contribution is -2.13. The molecule has 3 rings (SSSR count). The van der Waals surface area contributed by atoms with Gasteiger partial charge in [0.25, 0.3) is 11.9 Å². The smallest absolute Gasteiger partial charge is 0.255 e. The van der Waals surface area contributed by atoms with E-state index in [9.17, 15) is 22.4 Å². The SMILES string of the molecule is O=C(Nc1ccc(Oc2c(F)c(F)nc(F)c2F)cc1)C1CC1.